The third-order valence-electron chi connectivity index (χ3n) is 5.99. The van der Waals surface area contributed by atoms with Gasteiger partial charge in [-0.2, -0.15) is 0 Å². The van der Waals surface area contributed by atoms with Crippen LogP contribution in [0.3, 0.4) is 0 Å². The first-order chi connectivity index (χ1) is 14.6. The second kappa shape index (κ2) is 9.15. The molecule has 2 atom stereocenters. The maximum Gasteiger partial charge on any atom is 0.255 e. The third-order valence-corrected chi connectivity index (χ3v) is 5.99. The number of carbonyl (C=O) groups excluding carboxylic acids is 2. The first-order valence-corrected chi connectivity index (χ1v) is 10.5. The molecule has 158 valence electrons. The van der Waals surface area contributed by atoms with Gasteiger partial charge in [0, 0.05) is 38.4 Å². The van der Waals surface area contributed by atoms with Crippen molar-refractivity contribution in [1.82, 2.24) is 15.2 Å². The van der Waals surface area contributed by atoms with Crippen LogP contribution in [0.15, 0.2) is 42.7 Å². The normalized spacial score (nSPS) is 20.1. The summed E-state index contributed by atoms with van der Waals surface area (Å²) in [6.07, 6.45) is 5.54. The largest absolute Gasteiger partial charge is 0.454 e. The lowest BCUT2D eigenvalue weighted by atomic mass is 9.81. The van der Waals surface area contributed by atoms with E-state index in [2.05, 4.69) is 17.2 Å². The molecule has 7 nitrogen and oxygen atoms in total. The highest BCUT2D eigenvalue weighted by Gasteiger charge is 2.32. The van der Waals surface area contributed by atoms with Crippen LogP contribution in [0, 0.1) is 11.8 Å². The molecule has 2 aromatic rings. The Bertz CT molecular complexity index is 903. The number of hydrogen-bond acceptors (Lipinski definition) is 5. The summed E-state index contributed by atoms with van der Waals surface area (Å²) in [5, 5.41) is 3.02. The average Bonchev–Trinajstić information content (AvgIpc) is 3.26. The minimum atomic E-state index is 0.0206. The van der Waals surface area contributed by atoms with E-state index in [9.17, 15) is 9.59 Å². The Hall–Kier alpha value is -3.09. The minimum Gasteiger partial charge on any atom is -0.454 e. The van der Waals surface area contributed by atoms with Crippen LogP contribution >= 0.6 is 0 Å². The number of nitrogens with zero attached hydrogens (tertiary/aromatic N) is 2. The van der Waals surface area contributed by atoms with E-state index in [1.54, 1.807) is 24.5 Å². The minimum absolute atomic E-state index is 0.0206. The monoisotopic (exact) mass is 409 g/mol. The fraction of sp³-hybridized carbons (Fsp3) is 0.435. The lowest BCUT2D eigenvalue weighted by Gasteiger charge is -2.38. The molecule has 30 heavy (non-hydrogen) atoms. The predicted octanol–water partition coefficient (Wildman–Crippen LogP) is 3.01. The molecule has 2 aliphatic rings. The summed E-state index contributed by atoms with van der Waals surface area (Å²) in [6, 6.07) is 9.28. The molecular weight excluding hydrogens is 382 g/mol. The molecule has 3 heterocycles. The topological polar surface area (TPSA) is 80.8 Å². The summed E-state index contributed by atoms with van der Waals surface area (Å²) in [5.41, 5.74) is 1.60. The Morgan fingerprint density at radius 3 is 2.87 bits per heavy atom. The van der Waals surface area contributed by atoms with Crippen LogP contribution in [0.4, 0.5) is 0 Å². The zero-order valence-corrected chi connectivity index (χ0v) is 17.2. The summed E-state index contributed by atoms with van der Waals surface area (Å²) in [5.74, 6) is 2.12. The molecule has 1 aromatic heterocycles. The number of aromatic nitrogens is 1. The Morgan fingerprint density at radius 2 is 2.07 bits per heavy atom. The van der Waals surface area contributed by atoms with Crippen molar-refractivity contribution in [2.75, 3.05) is 19.9 Å². The van der Waals surface area contributed by atoms with Gasteiger partial charge in [-0.3, -0.25) is 14.6 Å². The van der Waals surface area contributed by atoms with Gasteiger partial charge in [-0.25, -0.2) is 0 Å². The van der Waals surface area contributed by atoms with E-state index in [-0.39, 0.29) is 24.5 Å². The van der Waals surface area contributed by atoms with Crippen molar-refractivity contribution in [3.63, 3.8) is 0 Å². The molecule has 4 rings (SSSR count). The van der Waals surface area contributed by atoms with Crippen LogP contribution in [-0.4, -0.2) is 41.6 Å². The first-order valence-electron chi connectivity index (χ1n) is 10.5. The van der Waals surface area contributed by atoms with Crippen molar-refractivity contribution in [2.45, 2.75) is 32.7 Å². The number of ether oxygens (including phenoxy) is 2. The number of piperidine rings is 1. The van der Waals surface area contributed by atoms with Crippen molar-refractivity contribution >= 4 is 11.8 Å². The Kier molecular flexibility index (Phi) is 6.16. The highest BCUT2D eigenvalue weighted by Crippen LogP contribution is 2.33. The third kappa shape index (κ3) is 4.56. The molecule has 0 bridgehead atoms. The molecule has 1 N–H and O–H groups in total. The first kappa shape index (κ1) is 20.2. The fourth-order valence-electron chi connectivity index (χ4n) is 4.23. The lowest BCUT2D eigenvalue weighted by Crippen LogP contribution is -2.44. The summed E-state index contributed by atoms with van der Waals surface area (Å²) >= 11 is 0. The molecule has 2 unspecified atom stereocenters. The van der Waals surface area contributed by atoms with Gasteiger partial charge >= 0.3 is 0 Å². The van der Waals surface area contributed by atoms with E-state index in [0.717, 1.165) is 29.9 Å². The van der Waals surface area contributed by atoms with E-state index in [4.69, 9.17) is 9.47 Å². The Balaban J connectivity index is 1.29. The second-order valence-electron chi connectivity index (χ2n) is 7.88. The van der Waals surface area contributed by atoms with Crippen LogP contribution in [0.2, 0.25) is 0 Å². The van der Waals surface area contributed by atoms with Gasteiger partial charge in [-0.05, 0) is 48.1 Å². The van der Waals surface area contributed by atoms with Crippen molar-refractivity contribution in [2.24, 2.45) is 11.8 Å². The van der Waals surface area contributed by atoms with E-state index < -0.39 is 0 Å². The number of amides is 2. The standard InChI is InChI=1S/C23H27N3O4/c1-2-17-14-26(23(28)19-4-3-8-24-13-19)9-7-18(17)11-22(27)25-12-16-5-6-20-21(10-16)30-15-29-20/h3-6,8,10,13,17-18H,2,7,9,11-12,14-15H2,1H3,(H,25,27). The molecule has 2 amide bonds. The lowest BCUT2D eigenvalue weighted by molar-refractivity contribution is -0.123. The van der Waals surface area contributed by atoms with E-state index in [1.165, 1.54) is 0 Å². The van der Waals surface area contributed by atoms with Gasteiger partial charge in [0.25, 0.3) is 5.91 Å². The van der Waals surface area contributed by atoms with Gasteiger partial charge in [0.15, 0.2) is 11.5 Å². The number of benzene rings is 1. The zero-order chi connectivity index (χ0) is 20.9. The number of nitrogens with one attached hydrogen (secondary N) is 1. The molecule has 0 radical (unpaired) electrons. The smallest absolute Gasteiger partial charge is 0.255 e. The van der Waals surface area contributed by atoms with Crippen LogP contribution in [0.25, 0.3) is 0 Å². The number of hydrogen-bond donors (Lipinski definition) is 1. The number of likely N-dealkylation sites (tertiary alicyclic amines) is 1. The number of fused-ring (bicyclic) bond motifs is 1. The maximum atomic E-state index is 12.7. The van der Waals surface area contributed by atoms with Crippen molar-refractivity contribution in [3.8, 4) is 11.5 Å². The Morgan fingerprint density at radius 1 is 1.20 bits per heavy atom. The molecule has 7 heteroatoms. The maximum absolute atomic E-state index is 12.7. The van der Waals surface area contributed by atoms with E-state index in [1.807, 2.05) is 23.1 Å². The van der Waals surface area contributed by atoms with Gasteiger partial charge < -0.3 is 19.7 Å². The van der Waals surface area contributed by atoms with Crippen LogP contribution in [-0.2, 0) is 11.3 Å². The number of pyridine rings is 1. The van der Waals surface area contributed by atoms with Crippen molar-refractivity contribution in [3.05, 3.63) is 53.9 Å². The number of carbonyl (C=O) groups is 2. The molecule has 0 aliphatic carbocycles. The molecule has 2 aliphatic heterocycles. The molecule has 0 saturated carbocycles. The molecule has 1 fully saturated rings. The quantitative estimate of drug-likeness (QED) is 0.793. The molecule has 1 aromatic carbocycles. The second-order valence-corrected chi connectivity index (χ2v) is 7.88. The van der Waals surface area contributed by atoms with Gasteiger partial charge in [0.1, 0.15) is 0 Å². The van der Waals surface area contributed by atoms with Gasteiger partial charge in [-0.15, -0.1) is 0 Å². The SMILES string of the molecule is CCC1CN(C(=O)c2cccnc2)CCC1CC(=O)NCc1ccc2c(c1)OCO2. The van der Waals surface area contributed by atoms with Crippen LogP contribution in [0.1, 0.15) is 42.1 Å². The summed E-state index contributed by atoms with van der Waals surface area (Å²) < 4.78 is 10.7. The van der Waals surface area contributed by atoms with Gasteiger partial charge in [0.2, 0.25) is 12.7 Å². The fourth-order valence-corrected chi connectivity index (χ4v) is 4.23. The molecule has 1 saturated heterocycles. The van der Waals surface area contributed by atoms with Crippen molar-refractivity contribution in [1.29, 1.82) is 0 Å². The summed E-state index contributed by atoms with van der Waals surface area (Å²) in [6.45, 7) is 4.19. The summed E-state index contributed by atoms with van der Waals surface area (Å²) in [7, 11) is 0. The van der Waals surface area contributed by atoms with Crippen LogP contribution < -0.4 is 14.8 Å². The van der Waals surface area contributed by atoms with Gasteiger partial charge in [0.05, 0.1) is 5.56 Å². The van der Waals surface area contributed by atoms with E-state index in [0.29, 0.717) is 37.5 Å². The van der Waals surface area contributed by atoms with E-state index >= 15 is 0 Å². The van der Waals surface area contributed by atoms with Crippen LogP contribution in [0.5, 0.6) is 11.5 Å². The van der Waals surface area contributed by atoms with Crippen molar-refractivity contribution < 1.29 is 19.1 Å². The summed E-state index contributed by atoms with van der Waals surface area (Å²) in [4.78, 5) is 31.2. The predicted molar refractivity (Wildman–Crippen MR) is 111 cm³/mol. The number of rotatable bonds is 6. The zero-order valence-electron chi connectivity index (χ0n) is 17.2. The highest BCUT2D eigenvalue weighted by atomic mass is 16.7. The highest BCUT2D eigenvalue weighted by molar-refractivity contribution is 5.94. The molecular formula is C23H27N3O4. The average molecular weight is 409 g/mol. The van der Waals surface area contributed by atoms with Gasteiger partial charge in [-0.1, -0.05) is 19.4 Å². The molecule has 0 spiro atoms. The Labute approximate surface area is 176 Å².